The number of nitrogens with one attached hydrogen (secondary N) is 1. The largest absolute Gasteiger partial charge is 0.355 e. The van der Waals surface area contributed by atoms with E-state index in [1.807, 2.05) is 60.7 Å². The molecule has 0 aliphatic heterocycles. The summed E-state index contributed by atoms with van der Waals surface area (Å²) >= 11 is 5.45. The molecule has 0 aliphatic rings. The molecule has 21 heavy (non-hydrogen) atoms. The molecule has 0 saturated heterocycles. The van der Waals surface area contributed by atoms with Crippen LogP contribution in [0.5, 0.6) is 0 Å². The van der Waals surface area contributed by atoms with Crippen LogP contribution in [-0.2, 0) is 9.36 Å². The van der Waals surface area contributed by atoms with Gasteiger partial charge in [-0.2, -0.15) is 0 Å². The molecule has 0 aliphatic carbocycles. The monoisotopic (exact) mass is 321 g/mol. The molecule has 0 aromatic heterocycles. The quantitative estimate of drug-likeness (QED) is 0.656. The van der Waals surface area contributed by atoms with E-state index in [1.165, 1.54) is 0 Å². The average Bonchev–Trinajstić information content (AvgIpc) is 2.56. The number of halogens is 1. The normalized spacial score (nSPS) is 11.1. The highest BCUT2D eigenvalue weighted by molar-refractivity contribution is 7.78. The summed E-state index contributed by atoms with van der Waals surface area (Å²) < 4.78 is 13.5. The first-order valence-electron chi connectivity index (χ1n) is 6.70. The van der Waals surface area contributed by atoms with Crippen molar-refractivity contribution in [3.8, 4) is 0 Å². The molecule has 0 atom stereocenters. The molecule has 5 heteroatoms. The lowest BCUT2D eigenvalue weighted by atomic mass is 10.4. The third kappa shape index (κ3) is 3.96. The second kappa shape index (κ2) is 7.44. The fourth-order valence-electron chi connectivity index (χ4n) is 2.14. The summed E-state index contributed by atoms with van der Waals surface area (Å²) in [6, 6.07) is 18.8. The van der Waals surface area contributed by atoms with Gasteiger partial charge in [-0.15, -0.1) is 11.6 Å². The Morgan fingerprint density at radius 1 is 0.952 bits per heavy atom. The molecular weight excluding hydrogens is 305 g/mol. The molecule has 110 valence electrons. The highest BCUT2D eigenvalue weighted by atomic mass is 35.5. The van der Waals surface area contributed by atoms with Gasteiger partial charge in [-0.05, 0) is 0 Å². The summed E-state index contributed by atoms with van der Waals surface area (Å²) in [6.07, 6.45) is 0.379. The van der Waals surface area contributed by atoms with Crippen LogP contribution in [0, 0.1) is 0 Å². The predicted molar refractivity (Wildman–Crippen MR) is 88.4 cm³/mol. The molecule has 0 radical (unpaired) electrons. The standard InChI is InChI=1S/C16H17ClNO2P/c17-13-16(19)18-11-12-21(20,14-7-3-1-4-8-14)15-9-5-2-6-10-15/h1-10H,11-13H2,(H,18,19). The highest BCUT2D eigenvalue weighted by Crippen LogP contribution is 2.42. The van der Waals surface area contributed by atoms with Crippen molar-refractivity contribution in [3.63, 3.8) is 0 Å². The molecule has 0 bridgehead atoms. The maximum Gasteiger partial charge on any atom is 0.234 e. The molecule has 0 saturated carbocycles. The van der Waals surface area contributed by atoms with Crippen molar-refractivity contribution in [2.45, 2.75) is 0 Å². The zero-order valence-electron chi connectivity index (χ0n) is 11.5. The maximum atomic E-state index is 13.5. The Morgan fingerprint density at radius 3 is 1.86 bits per heavy atom. The van der Waals surface area contributed by atoms with Gasteiger partial charge >= 0.3 is 0 Å². The molecular formula is C16H17ClNO2P. The minimum Gasteiger partial charge on any atom is -0.355 e. The average molecular weight is 322 g/mol. The van der Waals surface area contributed by atoms with Gasteiger partial charge in [0.1, 0.15) is 13.0 Å². The number of benzene rings is 2. The van der Waals surface area contributed by atoms with E-state index in [0.29, 0.717) is 12.7 Å². The first kappa shape index (κ1) is 15.8. The van der Waals surface area contributed by atoms with E-state index in [2.05, 4.69) is 5.32 Å². The lowest BCUT2D eigenvalue weighted by Crippen LogP contribution is -2.30. The van der Waals surface area contributed by atoms with Crippen molar-refractivity contribution >= 4 is 35.3 Å². The number of hydrogen-bond acceptors (Lipinski definition) is 2. The van der Waals surface area contributed by atoms with Gasteiger partial charge < -0.3 is 9.88 Å². The van der Waals surface area contributed by atoms with Crippen LogP contribution in [0.15, 0.2) is 60.7 Å². The zero-order chi connectivity index (χ0) is 15.1. The fourth-order valence-corrected chi connectivity index (χ4v) is 4.79. The Kier molecular flexibility index (Phi) is 5.60. The number of rotatable bonds is 6. The fraction of sp³-hybridized carbons (Fsp3) is 0.188. The molecule has 1 N–H and O–H groups in total. The number of alkyl halides is 1. The first-order chi connectivity index (χ1) is 10.2. The van der Waals surface area contributed by atoms with Crippen LogP contribution in [0.1, 0.15) is 0 Å². The van der Waals surface area contributed by atoms with Crippen LogP contribution in [0.3, 0.4) is 0 Å². The van der Waals surface area contributed by atoms with Crippen molar-refractivity contribution in [2.24, 2.45) is 0 Å². The summed E-state index contributed by atoms with van der Waals surface area (Å²) in [4.78, 5) is 11.2. The number of amides is 1. The topological polar surface area (TPSA) is 46.2 Å². The minimum absolute atomic E-state index is 0.0824. The van der Waals surface area contributed by atoms with Crippen LogP contribution in [-0.4, -0.2) is 24.5 Å². The van der Waals surface area contributed by atoms with Crippen molar-refractivity contribution in [2.75, 3.05) is 18.6 Å². The summed E-state index contributed by atoms with van der Waals surface area (Å²) in [6.45, 7) is 0.340. The van der Waals surface area contributed by atoms with Gasteiger partial charge in [0.2, 0.25) is 5.91 Å². The van der Waals surface area contributed by atoms with Gasteiger partial charge in [-0.25, -0.2) is 0 Å². The van der Waals surface area contributed by atoms with E-state index in [-0.39, 0.29) is 11.8 Å². The maximum absolute atomic E-state index is 13.5. The molecule has 2 aromatic carbocycles. The second-order valence-corrected chi connectivity index (χ2v) is 7.84. The van der Waals surface area contributed by atoms with Crippen molar-refractivity contribution in [1.29, 1.82) is 0 Å². The minimum atomic E-state index is -2.75. The molecule has 3 nitrogen and oxygen atoms in total. The molecule has 2 rings (SSSR count). The van der Waals surface area contributed by atoms with Gasteiger partial charge in [-0.1, -0.05) is 60.7 Å². The van der Waals surface area contributed by atoms with Gasteiger partial charge in [0.05, 0.1) is 0 Å². The molecule has 1 amide bonds. The Balaban J connectivity index is 2.27. The molecule has 0 heterocycles. The summed E-state index contributed by atoms with van der Waals surface area (Å²) in [5.74, 6) is -0.328. The van der Waals surface area contributed by atoms with Crippen LogP contribution >= 0.6 is 18.7 Å². The SMILES string of the molecule is O=C(CCl)NCCP(=O)(c1ccccc1)c1ccccc1. The Morgan fingerprint density at radius 2 is 1.43 bits per heavy atom. The van der Waals surface area contributed by atoms with Crippen molar-refractivity contribution in [3.05, 3.63) is 60.7 Å². The van der Waals surface area contributed by atoms with Gasteiger partial charge in [0, 0.05) is 23.3 Å². The first-order valence-corrected chi connectivity index (χ1v) is 9.12. The van der Waals surface area contributed by atoms with E-state index in [0.717, 1.165) is 10.6 Å². The summed E-state index contributed by atoms with van der Waals surface area (Å²) in [5.41, 5.74) is 0. The van der Waals surface area contributed by atoms with E-state index in [1.54, 1.807) is 0 Å². The Labute approximate surface area is 129 Å². The van der Waals surface area contributed by atoms with E-state index in [4.69, 9.17) is 11.6 Å². The predicted octanol–water partition coefficient (Wildman–Crippen LogP) is 2.36. The highest BCUT2D eigenvalue weighted by Gasteiger charge is 2.26. The number of carbonyl (C=O) groups is 1. The lowest BCUT2D eigenvalue weighted by molar-refractivity contribution is -0.118. The van der Waals surface area contributed by atoms with Crippen LogP contribution < -0.4 is 15.9 Å². The zero-order valence-corrected chi connectivity index (χ0v) is 13.2. The van der Waals surface area contributed by atoms with Gasteiger partial charge in [0.25, 0.3) is 0 Å². The van der Waals surface area contributed by atoms with Crippen molar-refractivity contribution in [1.82, 2.24) is 5.32 Å². The molecule has 2 aromatic rings. The molecule has 0 unspecified atom stereocenters. The summed E-state index contributed by atoms with van der Waals surface area (Å²) in [7, 11) is -2.75. The Hall–Kier alpha value is -1.57. The third-order valence-electron chi connectivity index (χ3n) is 3.22. The lowest BCUT2D eigenvalue weighted by Gasteiger charge is -2.19. The second-order valence-electron chi connectivity index (χ2n) is 4.62. The van der Waals surface area contributed by atoms with Gasteiger partial charge in [0.15, 0.2) is 0 Å². The smallest absolute Gasteiger partial charge is 0.234 e. The van der Waals surface area contributed by atoms with Gasteiger partial charge in [-0.3, -0.25) is 4.79 Å². The number of carbonyl (C=O) groups excluding carboxylic acids is 1. The Bertz CT molecular complexity index is 588. The number of hydrogen-bond donors (Lipinski definition) is 1. The van der Waals surface area contributed by atoms with E-state index < -0.39 is 7.14 Å². The van der Waals surface area contributed by atoms with Crippen LogP contribution in [0.4, 0.5) is 0 Å². The molecule has 0 spiro atoms. The third-order valence-corrected chi connectivity index (χ3v) is 6.58. The van der Waals surface area contributed by atoms with E-state index >= 15 is 0 Å². The van der Waals surface area contributed by atoms with Crippen molar-refractivity contribution < 1.29 is 9.36 Å². The molecule has 0 fully saturated rings. The van der Waals surface area contributed by atoms with Crippen LogP contribution in [0.2, 0.25) is 0 Å². The van der Waals surface area contributed by atoms with E-state index in [9.17, 15) is 9.36 Å². The van der Waals surface area contributed by atoms with Crippen LogP contribution in [0.25, 0.3) is 0 Å². The summed E-state index contributed by atoms with van der Waals surface area (Å²) in [5, 5.41) is 4.29.